The highest BCUT2D eigenvalue weighted by molar-refractivity contribution is 6.00. The Bertz CT molecular complexity index is 221. The molecule has 0 spiro atoms. The van der Waals surface area contributed by atoms with Crippen LogP contribution in [-0.2, 0) is 9.59 Å². The molecule has 0 saturated carbocycles. The predicted octanol–water partition coefficient (Wildman–Crippen LogP) is 4.31. The van der Waals surface area contributed by atoms with E-state index in [2.05, 4.69) is 6.92 Å². The quantitative estimate of drug-likeness (QED) is 0.398. The van der Waals surface area contributed by atoms with E-state index in [1.807, 2.05) is 13.8 Å². The maximum atomic E-state index is 11.9. The lowest BCUT2D eigenvalue weighted by molar-refractivity contribution is -0.129. The Kier molecular flexibility index (Phi) is 10.1. The fourth-order valence-corrected chi connectivity index (χ4v) is 2.12. The monoisotopic (exact) mass is 240 g/mol. The molecule has 0 N–H and O–H groups in total. The third kappa shape index (κ3) is 8.12. The Morgan fingerprint density at radius 2 is 1.65 bits per heavy atom. The van der Waals surface area contributed by atoms with Crippen LogP contribution in [0.1, 0.15) is 78.6 Å². The topological polar surface area (TPSA) is 34.1 Å². The fourth-order valence-electron chi connectivity index (χ4n) is 2.12. The van der Waals surface area contributed by atoms with Gasteiger partial charge >= 0.3 is 0 Å². The summed E-state index contributed by atoms with van der Waals surface area (Å²) in [5.74, 6) is 0.402. The highest BCUT2D eigenvalue weighted by Crippen LogP contribution is 2.17. The molecule has 0 heterocycles. The van der Waals surface area contributed by atoms with Gasteiger partial charge in [0, 0.05) is 12.3 Å². The molecule has 0 saturated heterocycles. The Morgan fingerprint density at radius 1 is 0.941 bits per heavy atom. The van der Waals surface area contributed by atoms with Gasteiger partial charge in [-0.05, 0) is 19.3 Å². The summed E-state index contributed by atoms with van der Waals surface area (Å²) in [6.45, 7) is 6.21. The van der Waals surface area contributed by atoms with Crippen LogP contribution in [-0.4, -0.2) is 11.6 Å². The third-order valence-corrected chi connectivity index (χ3v) is 3.25. The van der Waals surface area contributed by atoms with Crippen molar-refractivity contribution in [1.29, 1.82) is 0 Å². The van der Waals surface area contributed by atoms with Crippen LogP contribution in [0.4, 0.5) is 0 Å². The molecule has 0 fully saturated rings. The summed E-state index contributed by atoms with van der Waals surface area (Å²) in [6, 6.07) is 0. The maximum absolute atomic E-state index is 11.9. The van der Waals surface area contributed by atoms with Crippen molar-refractivity contribution in [2.45, 2.75) is 78.6 Å². The van der Waals surface area contributed by atoms with Crippen LogP contribution < -0.4 is 0 Å². The van der Waals surface area contributed by atoms with Gasteiger partial charge in [-0.1, -0.05) is 46.5 Å². The number of ketones is 2. The third-order valence-electron chi connectivity index (χ3n) is 3.25. The summed E-state index contributed by atoms with van der Waals surface area (Å²) in [5, 5.41) is 0. The van der Waals surface area contributed by atoms with E-state index in [4.69, 9.17) is 0 Å². The van der Waals surface area contributed by atoms with Crippen LogP contribution in [0.3, 0.4) is 0 Å². The summed E-state index contributed by atoms with van der Waals surface area (Å²) < 4.78 is 0. The zero-order chi connectivity index (χ0) is 13.1. The minimum atomic E-state index is 0.115. The molecule has 0 aliphatic rings. The molecule has 100 valence electrons. The molecule has 0 rings (SSSR count). The largest absolute Gasteiger partial charge is 0.299 e. The first-order valence-corrected chi connectivity index (χ1v) is 7.20. The molecule has 0 radical (unpaired) electrons. The molecule has 0 bridgehead atoms. The van der Waals surface area contributed by atoms with Crippen LogP contribution >= 0.6 is 0 Å². The molecular formula is C15H28O2. The zero-order valence-electron chi connectivity index (χ0n) is 11.8. The van der Waals surface area contributed by atoms with E-state index in [-0.39, 0.29) is 23.9 Å². The maximum Gasteiger partial charge on any atom is 0.143 e. The van der Waals surface area contributed by atoms with Gasteiger partial charge in [0.05, 0.1) is 6.42 Å². The molecule has 2 heteroatoms. The van der Waals surface area contributed by atoms with Crippen LogP contribution in [0.5, 0.6) is 0 Å². The average molecular weight is 240 g/mol. The Labute approximate surface area is 106 Å². The van der Waals surface area contributed by atoms with Gasteiger partial charge in [0.1, 0.15) is 11.6 Å². The Morgan fingerprint density at radius 3 is 2.18 bits per heavy atom. The van der Waals surface area contributed by atoms with Crippen LogP contribution in [0.25, 0.3) is 0 Å². The van der Waals surface area contributed by atoms with Crippen LogP contribution in [0.2, 0.25) is 0 Å². The van der Waals surface area contributed by atoms with Gasteiger partial charge in [-0.25, -0.2) is 0 Å². The standard InChI is InChI=1S/C15H28O2/c1-4-7-8-9-11-13(6-3)15(17)12-14(16)10-5-2/h13H,4-12H2,1-3H3. The highest BCUT2D eigenvalue weighted by atomic mass is 16.1. The molecule has 0 amide bonds. The summed E-state index contributed by atoms with van der Waals surface area (Å²) in [7, 11) is 0. The van der Waals surface area contributed by atoms with Gasteiger partial charge < -0.3 is 0 Å². The summed E-state index contributed by atoms with van der Waals surface area (Å²) in [6.07, 6.45) is 8.22. The van der Waals surface area contributed by atoms with Crippen molar-refractivity contribution < 1.29 is 9.59 Å². The average Bonchev–Trinajstić information content (AvgIpc) is 2.29. The van der Waals surface area contributed by atoms with Gasteiger partial charge in [0.2, 0.25) is 0 Å². The predicted molar refractivity (Wildman–Crippen MR) is 72.1 cm³/mol. The van der Waals surface area contributed by atoms with E-state index in [1.54, 1.807) is 0 Å². The number of carbonyl (C=O) groups is 2. The Hall–Kier alpha value is -0.660. The van der Waals surface area contributed by atoms with Gasteiger partial charge in [0.15, 0.2) is 0 Å². The fraction of sp³-hybridized carbons (Fsp3) is 0.867. The molecule has 2 nitrogen and oxygen atoms in total. The molecule has 0 aliphatic carbocycles. The second kappa shape index (κ2) is 10.5. The van der Waals surface area contributed by atoms with Crippen molar-refractivity contribution >= 4 is 11.6 Å². The van der Waals surface area contributed by atoms with Crippen molar-refractivity contribution in [2.24, 2.45) is 5.92 Å². The first kappa shape index (κ1) is 16.3. The molecular weight excluding hydrogens is 212 g/mol. The van der Waals surface area contributed by atoms with Gasteiger partial charge in [-0.2, -0.15) is 0 Å². The normalized spacial score (nSPS) is 12.4. The lowest BCUT2D eigenvalue weighted by Crippen LogP contribution is -2.17. The smallest absolute Gasteiger partial charge is 0.143 e. The first-order chi connectivity index (χ1) is 8.15. The van der Waals surface area contributed by atoms with Gasteiger partial charge in [-0.15, -0.1) is 0 Å². The lowest BCUT2D eigenvalue weighted by Gasteiger charge is -2.12. The minimum absolute atomic E-state index is 0.115. The Balaban J connectivity index is 3.90. The molecule has 1 unspecified atom stereocenters. The number of Topliss-reactive ketones (excluding diaryl/α,β-unsaturated/α-hetero) is 2. The van der Waals surface area contributed by atoms with Gasteiger partial charge in [0.25, 0.3) is 0 Å². The molecule has 0 aromatic heterocycles. The van der Waals surface area contributed by atoms with E-state index in [0.29, 0.717) is 6.42 Å². The van der Waals surface area contributed by atoms with Crippen LogP contribution in [0.15, 0.2) is 0 Å². The summed E-state index contributed by atoms with van der Waals surface area (Å²) in [4.78, 5) is 23.3. The molecule has 0 aromatic carbocycles. The van der Waals surface area contributed by atoms with Crippen molar-refractivity contribution in [3.05, 3.63) is 0 Å². The van der Waals surface area contributed by atoms with E-state index >= 15 is 0 Å². The number of hydrogen-bond donors (Lipinski definition) is 0. The van der Waals surface area contributed by atoms with Crippen molar-refractivity contribution in [3.63, 3.8) is 0 Å². The van der Waals surface area contributed by atoms with E-state index < -0.39 is 0 Å². The second-order valence-electron chi connectivity index (χ2n) is 4.89. The van der Waals surface area contributed by atoms with E-state index in [9.17, 15) is 9.59 Å². The van der Waals surface area contributed by atoms with E-state index in [1.165, 1.54) is 19.3 Å². The SMILES string of the molecule is CCCCCCC(CC)C(=O)CC(=O)CCC. The zero-order valence-corrected chi connectivity index (χ0v) is 11.8. The van der Waals surface area contributed by atoms with Crippen molar-refractivity contribution in [2.75, 3.05) is 0 Å². The molecule has 0 aromatic rings. The van der Waals surface area contributed by atoms with Crippen molar-refractivity contribution in [1.82, 2.24) is 0 Å². The summed E-state index contributed by atoms with van der Waals surface area (Å²) in [5.41, 5.74) is 0. The molecule has 0 aliphatic heterocycles. The minimum Gasteiger partial charge on any atom is -0.299 e. The number of unbranched alkanes of at least 4 members (excludes halogenated alkanes) is 3. The number of hydrogen-bond acceptors (Lipinski definition) is 2. The lowest BCUT2D eigenvalue weighted by atomic mass is 9.91. The summed E-state index contributed by atoms with van der Waals surface area (Å²) >= 11 is 0. The highest BCUT2D eigenvalue weighted by Gasteiger charge is 2.18. The van der Waals surface area contributed by atoms with E-state index in [0.717, 1.165) is 25.7 Å². The van der Waals surface area contributed by atoms with Crippen molar-refractivity contribution in [3.8, 4) is 0 Å². The number of rotatable bonds is 11. The van der Waals surface area contributed by atoms with Gasteiger partial charge in [-0.3, -0.25) is 9.59 Å². The molecule has 17 heavy (non-hydrogen) atoms. The number of carbonyl (C=O) groups excluding carboxylic acids is 2. The second-order valence-corrected chi connectivity index (χ2v) is 4.89. The first-order valence-electron chi connectivity index (χ1n) is 7.20. The molecule has 1 atom stereocenters. The van der Waals surface area contributed by atoms with Crippen LogP contribution in [0, 0.1) is 5.92 Å².